The van der Waals surface area contributed by atoms with E-state index in [-0.39, 0.29) is 30.5 Å². The van der Waals surface area contributed by atoms with Crippen LogP contribution in [-0.2, 0) is 28.2 Å². The van der Waals surface area contributed by atoms with Gasteiger partial charge in [-0.2, -0.15) is 0 Å². The quantitative estimate of drug-likeness (QED) is 0.114. The second-order valence-electron chi connectivity index (χ2n) is 14.6. The van der Waals surface area contributed by atoms with Crippen LogP contribution in [0.15, 0.2) is 108 Å². The average molecular weight is 751 g/mol. The Hall–Kier alpha value is -4.88. The number of halogens is 2. The molecule has 2 aliphatic rings. The summed E-state index contributed by atoms with van der Waals surface area (Å²) in [5, 5.41) is 23.1. The van der Waals surface area contributed by atoms with Gasteiger partial charge in [0.25, 0.3) is 11.5 Å². The third kappa shape index (κ3) is 6.03. The predicted octanol–water partition coefficient (Wildman–Crippen LogP) is 7.10. The summed E-state index contributed by atoms with van der Waals surface area (Å²) in [6, 6.07) is 29.9. The topological polar surface area (TPSA) is 118 Å². The van der Waals surface area contributed by atoms with Crippen LogP contribution >= 0.6 is 11.6 Å². The molecule has 8 rings (SSSR count). The number of rotatable bonds is 10. The number of ether oxygens (including phenoxy) is 1. The number of amides is 1. The van der Waals surface area contributed by atoms with Crippen LogP contribution in [0.3, 0.4) is 0 Å². The first-order valence-corrected chi connectivity index (χ1v) is 21.2. The number of hydrogen-bond donors (Lipinski definition) is 2. The van der Waals surface area contributed by atoms with Crippen LogP contribution < -0.4 is 10.5 Å². The van der Waals surface area contributed by atoms with Crippen LogP contribution in [0.1, 0.15) is 41.6 Å². The van der Waals surface area contributed by atoms with Crippen molar-refractivity contribution < 1.29 is 18.7 Å². The van der Waals surface area contributed by atoms with E-state index in [0.717, 1.165) is 16.6 Å². The molecule has 0 bridgehead atoms. The lowest BCUT2D eigenvalue weighted by molar-refractivity contribution is -0.146. The highest BCUT2D eigenvalue weighted by atomic mass is 35.5. The number of benzene rings is 4. The van der Waals surface area contributed by atoms with Crippen molar-refractivity contribution in [2.75, 3.05) is 11.5 Å². The number of anilines is 1. The van der Waals surface area contributed by atoms with Crippen molar-refractivity contribution in [3.05, 3.63) is 141 Å². The predicted molar refractivity (Wildman–Crippen MR) is 205 cm³/mol. The van der Waals surface area contributed by atoms with E-state index in [4.69, 9.17) is 16.3 Å². The molecule has 1 saturated heterocycles. The lowest BCUT2D eigenvalue weighted by Crippen LogP contribution is -2.45. The van der Waals surface area contributed by atoms with Crippen LogP contribution in [0.25, 0.3) is 16.6 Å². The number of nitrogens with zero attached hydrogens (tertiary/aromatic N) is 5. The molecule has 13 heteroatoms. The first kappa shape index (κ1) is 35.2. The van der Waals surface area contributed by atoms with Gasteiger partial charge in [0.15, 0.2) is 5.60 Å². The molecular weight excluding hydrogens is 711 g/mol. The van der Waals surface area contributed by atoms with Crippen LogP contribution in [-0.4, -0.2) is 56.9 Å². The van der Waals surface area contributed by atoms with Gasteiger partial charge in [-0.25, -0.2) is 4.68 Å². The number of aliphatic hydroxyl groups excluding tert-OH is 1. The summed E-state index contributed by atoms with van der Waals surface area (Å²) in [6.45, 7) is 5.80. The molecule has 4 aromatic carbocycles. The summed E-state index contributed by atoms with van der Waals surface area (Å²) in [6.07, 6.45) is 1.65. The number of para-hydroxylation sites is 1. The second kappa shape index (κ2) is 13.5. The van der Waals surface area contributed by atoms with Crippen molar-refractivity contribution in [1.82, 2.24) is 24.8 Å². The fourth-order valence-corrected chi connectivity index (χ4v) is 11.2. The van der Waals surface area contributed by atoms with Crippen molar-refractivity contribution in [2.45, 2.75) is 62.7 Å². The molecule has 2 N–H and O–H groups in total. The summed E-state index contributed by atoms with van der Waals surface area (Å²) in [5.41, 5.74) is 3.10. The summed E-state index contributed by atoms with van der Waals surface area (Å²) < 4.78 is 26.5. The smallest absolute Gasteiger partial charge is 0.279 e. The van der Waals surface area contributed by atoms with Gasteiger partial charge in [0.2, 0.25) is 8.41 Å². The Bertz CT molecular complexity index is 2360. The van der Waals surface area contributed by atoms with Gasteiger partial charge in [-0.3, -0.25) is 19.4 Å². The van der Waals surface area contributed by atoms with E-state index in [1.54, 1.807) is 40.9 Å². The van der Waals surface area contributed by atoms with E-state index in [1.807, 2.05) is 92.0 Å². The van der Waals surface area contributed by atoms with Crippen molar-refractivity contribution >= 4 is 42.5 Å². The summed E-state index contributed by atoms with van der Waals surface area (Å²) in [5.74, 6) is -1.05. The third-order valence-electron chi connectivity index (χ3n) is 11.0. The maximum atomic E-state index is 16.4. The lowest BCUT2D eigenvalue weighted by atomic mass is 9.82. The van der Waals surface area contributed by atoms with Crippen LogP contribution in [0.4, 0.5) is 9.80 Å². The number of hydrogen-bond acceptors (Lipinski definition) is 6. The molecule has 0 aliphatic carbocycles. The molecule has 1 fully saturated rings. The number of aryl methyl sites for hydroxylation is 1. The largest absolute Gasteiger partial charge is 0.395 e. The highest BCUT2D eigenvalue weighted by molar-refractivity contribution is 6.72. The molecule has 2 aliphatic heterocycles. The maximum absolute atomic E-state index is 16.4. The molecule has 10 nitrogen and oxygen atoms in total. The van der Waals surface area contributed by atoms with Gasteiger partial charge in [-0.1, -0.05) is 78.3 Å². The van der Waals surface area contributed by atoms with Gasteiger partial charge < -0.3 is 18.9 Å². The molecule has 1 unspecified atom stereocenters. The van der Waals surface area contributed by atoms with Gasteiger partial charge in [0.1, 0.15) is 0 Å². The molecule has 5 atom stereocenters. The number of H-pyrrole nitrogens is 1. The van der Waals surface area contributed by atoms with Crippen LogP contribution in [0, 0.1) is 5.92 Å². The first-order valence-electron chi connectivity index (χ1n) is 17.8. The standard InChI is InChI=1S/C40H40ClFN6O4Si/c1-25-37(53(2,3)42)36(19-20-46-23-34(43-45-46)31(24-49)27-9-5-4-6-10-27)52-40(25)32-21-28(41)15-18-35(32)47(39(40)51)22-26-13-16-29(17-14-26)48-38(50)30-11-7-8-12-33(30)44-48/h4-18,21,23,25,31,36-37,44,49H,19-20,22,24H2,1-3H3/t25-,31?,36+,37-,40+/m0/s1. The molecule has 0 saturated carbocycles. The number of carbonyl (C=O) groups excluding carboxylic acids is 1. The van der Waals surface area contributed by atoms with E-state index in [2.05, 4.69) is 15.4 Å². The Kier molecular flexibility index (Phi) is 8.96. The second-order valence-corrected chi connectivity index (χ2v) is 18.9. The lowest BCUT2D eigenvalue weighted by Gasteiger charge is -2.31. The van der Waals surface area contributed by atoms with Gasteiger partial charge >= 0.3 is 0 Å². The average Bonchev–Trinajstić information content (AvgIpc) is 3.89. The monoisotopic (exact) mass is 750 g/mol. The molecule has 2 aromatic heterocycles. The van der Waals surface area contributed by atoms with Crippen molar-refractivity contribution in [3.63, 3.8) is 0 Å². The highest BCUT2D eigenvalue weighted by Crippen LogP contribution is 2.60. The van der Waals surface area contributed by atoms with E-state index < -0.39 is 31.6 Å². The zero-order chi connectivity index (χ0) is 37.1. The van der Waals surface area contributed by atoms with E-state index in [0.29, 0.717) is 46.0 Å². The number of aromatic nitrogens is 5. The van der Waals surface area contributed by atoms with E-state index >= 15 is 4.11 Å². The maximum Gasteiger partial charge on any atom is 0.279 e. The Balaban J connectivity index is 1.07. The SMILES string of the molecule is C[C@H]1[C@H]([Si](C)(C)F)[C@@H](CCn2cc(C(CO)c3ccccc3)nn2)O[C@]12C(=O)N(Cc1ccc(-n3[nH]c4ccccc4c3=O)cc1)c1ccc(Cl)cc12. The minimum Gasteiger partial charge on any atom is -0.395 e. The van der Waals surface area contributed by atoms with Gasteiger partial charge in [-0.05, 0) is 73.1 Å². The third-order valence-corrected chi connectivity index (χ3v) is 13.7. The summed E-state index contributed by atoms with van der Waals surface area (Å²) in [4.78, 5) is 29.6. The number of nitrogens with one attached hydrogen (secondary N) is 1. The molecule has 0 radical (unpaired) electrons. The summed E-state index contributed by atoms with van der Waals surface area (Å²) in [7, 11) is -3.40. The minimum atomic E-state index is -3.40. The fraction of sp³-hybridized carbons (Fsp3) is 0.300. The Morgan fingerprint density at radius 1 is 1.02 bits per heavy atom. The zero-order valence-electron chi connectivity index (χ0n) is 29.6. The van der Waals surface area contributed by atoms with E-state index in [9.17, 15) is 14.7 Å². The number of fused-ring (bicyclic) bond motifs is 3. The van der Waals surface area contributed by atoms with Gasteiger partial charge in [0, 0.05) is 34.8 Å². The summed E-state index contributed by atoms with van der Waals surface area (Å²) >= 11 is 6.58. The molecule has 1 amide bonds. The Morgan fingerprint density at radius 3 is 2.47 bits per heavy atom. The molecule has 272 valence electrons. The number of carbonyl (C=O) groups is 1. The van der Waals surface area contributed by atoms with Gasteiger partial charge in [0.05, 0.1) is 53.1 Å². The molecule has 4 heterocycles. The number of aromatic amines is 1. The Morgan fingerprint density at radius 2 is 1.75 bits per heavy atom. The Labute approximate surface area is 311 Å². The van der Waals surface area contributed by atoms with E-state index in [1.165, 1.54) is 4.68 Å². The first-order chi connectivity index (χ1) is 25.5. The van der Waals surface area contributed by atoms with Crippen LogP contribution in [0.5, 0.6) is 0 Å². The fourth-order valence-electron chi connectivity index (χ4n) is 8.52. The molecular formula is C40H40ClFN6O4Si. The van der Waals surface area contributed by atoms with Crippen LogP contribution in [0.2, 0.25) is 23.7 Å². The zero-order valence-corrected chi connectivity index (χ0v) is 31.4. The van der Waals surface area contributed by atoms with Gasteiger partial charge in [-0.15, -0.1) is 5.10 Å². The number of aliphatic hydroxyl groups is 1. The van der Waals surface area contributed by atoms with Crippen molar-refractivity contribution in [2.24, 2.45) is 5.92 Å². The molecule has 6 aromatic rings. The highest BCUT2D eigenvalue weighted by Gasteiger charge is 2.66. The van der Waals surface area contributed by atoms with Crippen molar-refractivity contribution in [1.29, 1.82) is 0 Å². The molecule has 1 spiro atoms. The normalized spacial score (nSPS) is 21.9. The van der Waals surface area contributed by atoms with Crippen molar-refractivity contribution in [3.8, 4) is 5.69 Å². The molecule has 53 heavy (non-hydrogen) atoms. The minimum absolute atomic E-state index is 0.118.